The fraction of sp³-hybridized carbons (Fsp3) is 0.233. The monoisotopic (exact) mass is 506 g/mol. The van der Waals surface area contributed by atoms with Crippen LogP contribution in [0.1, 0.15) is 27.9 Å². The summed E-state index contributed by atoms with van der Waals surface area (Å²) in [6.07, 6.45) is 0.844. The number of benzene rings is 3. The van der Waals surface area contributed by atoms with Crippen LogP contribution < -0.4 is 11.1 Å². The number of nitrogens with one attached hydrogen (secondary N) is 1. The molecule has 3 aliphatic rings. The molecule has 0 spiro atoms. The van der Waals surface area contributed by atoms with Gasteiger partial charge in [-0.1, -0.05) is 54.6 Å². The summed E-state index contributed by atoms with van der Waals surface area (Å²) >= 11 is 0. The van der Waals surface area contributed by atoms with Gasteiger partial charge >= 0.3 is 0 Å². The van der Waals surface area contributed by atoms with Crippen LogP contribution in [0.3, 0.4) is 0 Å². The van der Waals surface area contributed by atoms with E-state index in [0.717, 1.165) is 48.8 Å². The summed E-state index contributed by atoms with van der Waals surface area (Å²) in [6.45, 7) is 4.26. The number of guanidine groups is 1. The van der Waals surface area contributed by atoms with Gasteiger partial charge < -0.3 is 16.0 Å². The molecule has 3 aromatic carbocycles. The predicted octanol–water partition coefficient (Wildman–Crippen LogP) is 3.69. The number of para-hydroxylation sites is 2. The summed E-state index contributed by atoms with van der Waals surface area (Å²) in [4.78, 5) is 37.5. The zero-order valence-corrected chi connectivity index (χ0v) is 21.1. The molecule has 2 amide bonds. The molecule has 0 radical (unpaired) electrons. The average Bonchev–Trinajstić information content (AvgIpc) is 3.43. The molecule has 3 N–H and O–H groups in total. The van der Waals surface area contributed by atoms with Crippen molar-refractivity contribution >= 4 is 29.1 Å². The lowest BCUT2D eigenvalue weighted by Crippen LogP contribution is -2.53. The van der Waals surface area contributed by atoms with Crippen molar-refractivity contribution in [3.05, 3.63) is 107 Å². The number of hydrogen-bond donors (Lipinski definition) is 2. The van der Waals surface area contributed by atoms with Crippen LogP contribution in [0.15, 0.2) is 95.1 Å². The van der Waals surface area contributed by atoms with Crippen molar-refractivity contribution in [2.24, 2.45) is 4.99 Å². The highest BCUT2D eigenvalue weighted by atomic mass is 16.2. The third-order valence-corrected chi connectivity index (χ3v) is 7.30. The number of amides is 2. The van der Waals surface area contributed by atoms with Crippen LogP contribution in [0.5, 0.6) is 0 Å². The standard InChI is InChI=1S/C30H30N6O2/c31-25-8-4-5-9-26(25)33-28(37)23-12-10-22(11-13-23)19-36-29(38)24-20-34(18-21-6-2-1-3-7-21)16-14-27(24)35-17-15-32-30(35)36/h1-13H,14-20,31H2,(H,33,37). The number of hydrogen-bond acceptors (Lipinski definition) is 6. The van der Waals surface area contributed by atoms with Crippen LogP contribution in [0, 0.1) is 0 Å². The number of nitrogen functional groups attached to an aromatic ring is 1. The van der Waals surface area contributed by atoms with Crippen molar-refractivity contribution < 1.29 is 9.59 Å². The number of nitrogens with two attached hydrogens (primary N) is 1. The van der Waals surface area contributed by atoms with E-state index in [0.29, 0.717) is 36.6 Å². The van der Waals surface area contributed by atoms with E-state index in [1.165, 1.54) is 5.56 Å². The number of aliphatic imine (C=N–C) groups is 1. The van der Waals surface area contributed by atoms with Crippen molar-refractivity contribution in [3.63, 3.8) is 0 Å². The van der Waals surface area contributed by atoms with Gasteiger partial charge in [-0.15, -0.1) is 0 Å². The molecule has 0 saturated carbocycles. The van der Waals surface area contributed by atoms with E-state index >= 15 is 0 Å². The van der Waals surface area contributed by atoms with Crippen molar-refractivity contribution in [1.82, 2.24) is 14.7 Å². The van der Waals surface area contributed by atoms with Crippen LogP contribution in [0.2, 0.25) is 0 Å². The molecule has 3 aromatic rings. The lowest BCUT2D eigenvalue weighted by Gasteiger charge is -2.42. The van der Waals surface area contributed by atoms with Crippen LogP contribution in [0.4, 0.5) is 11.4 Å². The van der Waals surface area contributed by atoms with Gasteiger partial charge in [0.2, 0.25) is 5.96 Å². The highest BCUT2D eigenvalue weighted by Crippen LogP contribution is 2.32. The molecule has 0 atom stereocenters. The number of carbonyl (C=O) groups excluding carboxylic acids is 2. The molecular weight excluding hydrogens is 476 g/mol. The van der Waals surface area contributed by atoms with Crippen LogP contribution in [0.25, 0.3) is 0 Å². The quantitative estimate of drug-likeness (QED) is 0.498. The molecule has 38 heavy (non-hydrogen) atoms. The Bertz CT molecular complexity index is 1430. The van der Waals surface area contributed by atoms with Gasteiger partial charge in [0.25, 0.3) is 11.8 Å². The molecule has 0 fully saturated rings. The maximum absolute atomic E-state index is 13.8. The molecule has 8 heteroatoms. The first-order valence-corrected chi connectivity index (χ1v) is 12.9. The zero-order chi connectivity index (χ0) is 26.1. The predicted molar refractivity (Wildman–Crippen MR) is 148 cm³/mol. The minimum atomic E-state index is -0.231. The summed E-state index contributed by atoms with van der Waals surface area (Å²) in [5, 5.41) is 2.85. The number of rotatable bonds is 6. The van der Waals surface area contributed by atoms with Gasteiger partial charge in [-0.3, -0.25) is 24.4 Å². The fourth-order valence-electron chi connectivity index (χ4n) is 5.34. The second kappa shape index (κ2) is 10.1. The summed E-state index contributed by atoms with van der Waals surface area (Å²) in [5.41, 5.74) is 11.7. The second-order valence-corrected chi connectivity index (χ2v) is 9.83. The molecule has 6 rings (SSSR count). The van der Waals surface area contributed by atoms with Gasteiger partial charge in [0.15, 0.2) is 0 Å². The Balaban J connectivity index is 1.17. The van der Waals surface area contributed by atoms with Crippen molar-refractivity contribution in [2.45, 2.75) is 19.5 Å². The maximum Gasteiger partial charge on any atom is 0.259 e. The van der Waals surface area contributed by atoms with Crippen molar-refractivity contribution in [3.8, 4) is 0 Å². The Hall–Kier alpha value is -4.43. The first-order chi connectivity index (χ1) is 18.6. The smallest absolute Gasteiger partial charge is 0.259 e. The van der Waals surface area contributed by atoms with E-state index in [2.05, 4.69) is 44.4 Å². The van der Waals surface area contributed by atoms with E-state index in [1.807, 2.05) is 30.3 Å². The molecule has 0 unspecified atom stereocenters. The SMILES string of the molecule is Nc1ccccc1NC(=O)c1ccc(CN2C(=O)C3=C(CCN(Cc4ccccc4)C3)N3CCN=C23)cc1. The van der Waals surface area contributed by atoms with Gasteiger partial charge in [0.1, 0.15) is 0 Å². The average molecular weight is 507 g/mol. The normalized spacial score (nSPS) is 17.3. The Morgan fingerprint density at radius 3 is 2.42 bits per heavy atom. The van der Waals surface area contributed by atoms with Crippen LogP contribution >= 0.6 is 0 Å². The molecule has 8 nitrogen and oxygen atoms in total. The lowest BCUT2D eigenvalue weighted by molar-refractivity contribution is -0.125. The van der Waals surface area contributed by atoms with Gasteiger partial charge in [-0.05, 0) is 35.4 Å². The van der Waals surface area contributed by atoms with E-state index < -0.39 is 0 Å². The largest absolute Gasteiger partial charge is 0.397 e. The number of fused-ring (bicyclic) bond motifs is 2. The van der Waals surface area contributed by atoms with E-state index in [1.54, 1.807) is 29.2 Å². The third-order valence-electron chi connectivity index (χ3n) is 7.30. The summed E-state index contributed by atoms with van der Waals surface area (Å²) in [7, 11) is 0. The Labute approximate surface area is 222 Å². The molecule has 0 bridgehead atoms. The Morgan fingerprint density at radius 1 is 0.895 bits per heavy atom. The van der Waals surface area contributed by atoms with E-state index in [-0.39, 0.29) is 11.8 Å². The summed E-state index contributed by atoms with van der Waals surface area (Å²) in [5.74, 6) is 0.535. The number of anilines is 2. The highest BCUT2D eigenvalue weighted by molar-refractivity contribution is 6.10. The molecular formula is C30H30N6O2. The van der Waals surface area contributed by atoms with E-state index in [4.69, 9.17) is 5.73 Å². The van der Waals surface area contributed by atoms with Gasteiger partial charge in [0, 0.05) is 43.9 Å². The highest BCUT2D eigenvalue weighted by Gasteiger charge is 2.40. The molecule has 0 aliphatic carbocycles. The topological polar surface area (TPSA) is 94.3 Å². The second-order valence-electron chi connectivity index (χ2n) is 9.83. The third kappa shape index (κ3) is 4.66. The van der Waals surface area contributed by atoms with Crippen LogP contribution in [-0.2, 0) is 17.9 Å². The minimum absolute atomic E-state index is 0.0241. The maximum atomic E-state index is 13.8. The first-order valence-electron chi connectivity index (χ1n) is 12.9. The van der Waals surface area contributed by atoms with Gasteiger partial charge in [0.05, 0.1) is 30.0 Å². The molecule has 3 aliphatic heterocycles. The fourth-order valence-corrected chi connectivity index (χ4v) is 5.34. The van der Waals surface area contributed by atoms with Crippen molar-refractivity contribution in [2.75, 3.05) is 37.2 Å². The minimum Gasteiger partial charge on any atom is -0.397 e. The molecule has 0 aromatic heterocycles. The number of nitrogens with zero attached hydrogens (tertiary/aromatic N) is 4. The molecule has 0 saturated heterocycles. The first kappa shape index (κ1) is 23.9. The molecule has 3 heterocycles. The van der Waals surface area contributed by atoms with Crippen LogP contribution in [-0.4, -0.2) is 58.7 Å². The van der Waals surface area contributed by atoms with Gasteiger partial charge in [-0.25, -0.2) is 0 Å². The number of carbonyl (C=O) groups is 2. The Kier molecular flexibility index (Phi) is 6.39. The lowest BCUT2D eigenvalue weighted by atomic mass is 10.00. The zero-order valence-electron chi connectivity index (χ0n) is 21.1. The van der Waals surface area contributed by atoms with E-state index in [9.17, 15) is 9.59 Å². The molecule has 192 valence electrons. The summed E-state index contributed by atoms with van der Waals surface area (Å²) in [6, 6.07) is 24.9. The summed E-state index contributed by atoms with van der Waals surface area (Å²) < 4.78 is 0. The Morgan fingerprint density at radius 2 is 1.63 bits per heavy atom. The van der Waals surface area contributed by atoms with Crippen molar-refractivity contribution in [1.29, 1.82) is 0 Å². The van der Waals surface area contributed by atoms with Gasteiger partial charge in [-0.2, -0.15) is 0 Å².